The first-order valence-electron chi connectivity index (χ1n) is 25.7. The standard InChI is InChI=1S/C53H99NO5/c1-4-7-10-13-16-19-22-25-26-28-29-32-35-38-41-44-49(59-53(58)46-43-40-37-34-31-27-23-20-17-14-11-8-5-2)47-52(57)54-50(48-55)51(56)45-42-39-36-33-30-24-21-18-15-12-9-6-3/h8,11,14,17,20,23,49-51,55-56H,4-7,9-10,12-13,15-16,18-19,21-22,24-48H2,1-3H3,(H,54,57)/b11-8+,17-14+,23-20-. The first kappa shape index (κ1) is 57.1. The summed E-state index contributed by atoms with van der Waals surface area (Å²) in [6, 6.07) is -0.702. The monoisotopic (exact) mass is 830 g/mol. The highest BCUT2D eigenvalue weighted by Crippen LogP contribution is 2.18. The van der Waals surface area contributed by atoms with Gasteiger partial charge >= 0.3 is 5.97 Å². The van der Waals surface area contributed by atoms with Gasteiger partial charge in [0.1, 0.15) is 6.10 Å². The minimum Gasteiger partial charge on any atom is -0.462 e. The van der Waals surface area contributed by atoms with Gasteiger partial charge in [-0.2, -0.15) is 0 Å². The van der Waals surface area contributed by atoms with Crippen molar-refractivity contribution in [2.24, 2.45) is 0 Å². The van der Waals surface area contributed by atoms with E-state index in [4.69, 9.17) is 4.74 Å². The second-order valence-electron chi connectivity index (χ2n) is 17.6. The highest BCUT2D eigenvalue weighted by Gasteiger charge is 2.24. The molecular weight excluding hydrogens is 731 g/mol. The molecule has 346 valence electrons. The Bertz CT molecular complexity index is 977. The summed E-state index contributed by atoms with van der Waals surface area (Å²) >= 11 is 0. The van der Waals surface area contributed by atoms with E-state index in [-0.39, 0.29) is 24.9 Å². The maximum Gasteiger partial charge on any atom is 0.306 e. The Labute approximate surface area is 366 Å². The van der Waals surface area contributed by atoms with Crippen LogP contribution in [0.4, 0.5) is 0 Å². The van der Waals surface area contributed by atoms with E-state index < -0.39 is 18.2 Å². The molecule has 0 aromatic carbocycles. The normalized spacial score (nSPS) is 13.5. The molecular formula is C53H99NO5. The molecule has 1 amide bonds. The largest absolute Gasteiger partial charge is 0.462 e. The van der Waals surface area contributed by atoms with Crippen LogP contribution >= 0.6 is 0 Å². The number of allylic oxidation sites excluding steroid dienone is 6. The molecule has 0 bridgehead atoms. The van der Waals surface area contributed by atoms with Crippen LogP contribution in [0, 0.1) is 0 Å². The third kappa shape index (κ3) is 42.6. The van der Waals surface area contributed by atoms with Gasteiger partial charge in [0, 0.05) is 6.42 Å². The van der Waals surface area contributed by atoms with E-state index in [1.807, 2.05) is 0 Å². The molecule has 59 heavy (non-hydrogen) atoms. The average Bonchev–Trinajstić information content (AvgIpc) is 3.23. The maximum absolute atomic E-state index is 13.2. The average molecular weight is 830 g/mol. The predicted molar refractivity (Wildman–Crippen MR) is 255 cm³/mol. The minimum absolute atomic E-state index is 0.0732. The molecule has 3 atom stereocenters. The van der Waals surface area contributed by atoms with Gasteiger partial charge in [0.25, 0.3) is 0 Å². The molecule has 0 spiro atoms. The summed E-state index contributed by atoms with van der Waals surface area (Å²) in [6.07, 6.45) is 54.9. The highest BCUT2D eigenvalue weighted by atomic mass is 16.5. The van der Waals surface area contributed by atoms with Gasteiger partial charge in [0.05, 0.1) is 25.2 Å². The topological polar surface area (TPSA) is 95.9 Å². The van der Waals surface area contributed by atoms with Crippen molar-refractivity contribution in [1.82, 2.24) is 5.32 Å². The fourth-order valence-electron chi connectivity index (χ4n) is 7.90. The number of nitrogens with one attached hydrogen (secondary N) is 1. The van der Waals surface area contributed by atoms with Gasteiger partial charge in [-0.3, -0.25) is 9.59 Å². The SMILES string of the molecule is CC/C=C/C=C/C=C\CCCCCCCC(=O)OC(CCCCCCCCCCCCCCCCC)CC(=O)NC(CO)C(O)CCCCCCCCCCCCCC. The van der Waals surface area contributed by atoms with Gasteiger partial charge in [-0.25, -0.2) is 0 Å². The summed E-state index contributed by atoms with van der Waals surface area (Å²) in [6.45, 7) is 6.36. The number of hydrogen-bond donors (Lipinski definition) is 3. The van der Waals surface area contributed by atoms with Crippen molar-refractivity contribution >= 4 is 11.9 Å². The Morgan fingerprint density at radius 3 is 1.37 bits per heavy atom. The van der Waals surface area contributed by atoms with Crippen molar-refractivity contribution in [3.8, 4) is 0 Å². The summed E-state index contributed by atoms with van der Waals surface area (Å²) in [4.78, 5) is 26.1. The number of amides is 1. The van der Waals surface area contributed by atoms with E-state index in [0.717, 1.165) is 77.0 Å². The molecule has 3 unspecified atom stereocenters. The van der Waals surface area contributed by atoms with Gasteiger partial charge in [-0.1, -0.05) is 243 Å². The molecule has 0 saturated carbocycles. The summed E-state index contributed by atoms with van der Waals surface area (Å²) in [5.74, 6) is -0.486. The van der Waals surface area contributed by atoms with Crippen LogP contribution in [-0.2, 0) is 14.3 Å². The molecule has 0 aliphatic rings. The number of rotatable bonds is 46. The minimum atomic E-state index is -0.788. The summed E-state index contributed by atoms with van der Waals surface area (Å²) in [5, 5.41) is 23.8. The zero-order chi connectivity index (χ0) is 43.1. The number of esters is 1. The zero-order valence-electron chi connectivity index (χ0n) is 39.4. The van der Waals surface area contributed by atoms with Crippen molar-refractivity contribution in [2.75, 3.05) is 6.61 Å². The van der Waals surface area contributed by atoms with Gasteiger partial charge < -0.3 is 20.3 Å². The van der Waals surface area contributed by atoms with Gasteiger partial charge in [-0.05, 0) is 44.9 Å². The summed E-state index contributed by atoms with van der Waals surface area (Å²) in [5.41, 5.74) is 0. The number of aliphatic hydroxyl groups excluding tert-OH is 2. The highest BCUT2D eigenvalue weighted by molar-refractivity contribution is 5.77. The Balaban J connectivity index is 4.58. The lowest BCUT2D eigenvalue weighted by Crippen LogP contribution is -2.46. The molecule has 0 saturated heterocycles. The third-order valence-electron chi connectivity index (χ3n) is 11.8. The van der Waals surface area contributed by atoms with Crippen LogP contribution in [0.3, 0.4) is 0 Å². The van der Waals surface area contributed by atoms with Crippen LogP contribution in [0.2, 0.25) is 0 Å². The van der Waals surface area contributed by atoms with Gasteiger partial charge in [0.2, 0.25) is 5.91 Å². The molecule has 0 rings (SSSR count). The number of carbonyl (C=O) groups is 2. The molecule has 0 heterocycles. The van der Waals surface area contributed by atoms with E-state index in [9.17, 15) is 19.8 Å². The van der Waals surface area contributed by atoms with Gasteiger partial charge in [-0.15, -0.1) is 0 Å². The third-order valence-corrected chi connectivity index (χ3v) is 11.8. The quantitative estimate of drug-likeness (QED) is 0.0323. The van der Waals surface area contributed by atoms with E-state index in [1.165, 1.54) is 141 Å². The van der Waals surface area contributed by atoms with Crippen LogP contribution in [0.5, 0.6) is 0 Å². The predicted octanol–water partition coefficient (Wildman–Crippen LogP) is 15.3. The number of aliphatic hydroxyl groups is 2. The Morgan fingerprint density at radius 1 is 0.508 bits per heavy atom. The van der Waals surface area contributed by atoms with E-state index >= 15 is 0 Å². The van der Waals surface area contributed by atoms with E-state index in [0.29, 0.717) is 19.3 Å². The summed E-state index contributed by atoms with van der Waals surface area (Å²) < 4.78 is 5.93. The lowest BCUT2D eigenvalue weighted by Gasteiger charge is -2.24. The zero-order valence-corrected chi connectivity index (χ0v) is 39.4. The Morgan fingerprint density at radius 2 is 0.915 bits per heavy atom. The van der Waals surface area contributed by atoms with Crippen LogP contribution < -0.4 is 5.32 Å². The summed E-state index contributed by atoms with van der Waals surface area (Å²) in [7, 11) is 0. The molecule has 0 fully saturated rings. The van der Waals surface area contributed by atoms with Crippen molar-refractivity contribution in [3.63, 3.8) is 0 Å². The first-order chi connectivity index (χ1) is 29.0. The van der Waals surface area contributed by atoms with Crippen LogP contribution in [0.1, 0.15) is 265 Å². The second kappa shape index (κ2) is 47.1. The number of ether oxygens (including phenoxy) is 1. The van der Waals surface area contributed by atoms with E-state index in [2.05, 4.69) is 62.5 Å². The molecule has 6 heteroatoms. The Kier molecular flexibility index (Phi) is 45.6. The van der Waals surface area contributed by atoms with Crippen molar-refractivity contribution in [3.05, 3.63) is 36.5 Å². The molecule has 0 aliphatic carbocycles. The first-order valence-corrected chi connectivity index (χ1v) is 25.7. The van der Waals surface area contributed by atoms with Gasteiger partial charge in [0.15, 0.2) is 0 Å². The fourth-order valence-corrected chi connectivity index (χ4v) is 7.90. The van der Waals surface area contributed by atoms with Crippen molar-refractivity contribution in [2.45, 2.75) is 283 Å². The van der Waals surface area contributed by atoms with Crippen LogP contribution in [0.25, 0.3) is 0 Å². The maximum atomic E-state index is 13.2. The number of hydrogen-bond acceptors (Lipinski definition) is 5. The smallest absolute Gasteiger partial charge is 0.306 e. The number of carbonyl (C=O) groups excluding carboxylic acids is 2. The lowest BCUT2D eigenvalue weighted by atomic mass is 10.0. The van der Waals surface area contributed by atoms with Crippen molar-refractivity contribution in [1.29, 1.82) is 0 Å². The number of unbranched alkanes of at least 4 members (excludes halogenated alkanes) is 30. The van der Waals surface area contributed by atoms with E-state index in [1.54, 1.807) is 0 Å². The molecule has 3 N–H and O–H groups in total. The molecule has 0 aliphatic heterocycles. The molecule has 0 aromatic rings. The van der Waals surface area contributed by atoms with Crippen LogP contribution in [-0.4, -0.2) is 46.9 Å². The fraction of sp³-hybridized carbons (Fsp3) is 0.849. The lowest BCUT2D eigenvalue weighted by molar-refractivity contribution is -0.151. The second-order valence-corrected chi connectivity index (χ2v) is 17.6. The molecule has 0 radical (unpaired) electrons. The Hall–Kier alpha value is -1.92. The molecule has 6 nitrogen and oxygen atoms in total. The van der Waals surface area contributed by atoms with Crippen molar-refractivity contribution < 1.29 is 24.5 Å². The molecule has 0 aromatic heterocycles. The van der Waals surface area contributed by atoms with Crippen LogP contribution in [0.15, 0.2) is 36.5 Å².